The Kier molecular flexibility index (Phi) is 10.8. The molecule has 2 atom stereocenters. The maximum Gasteiger partial charge on any atom is 0.329 e. The lowest BCUT2D eigenvalue weighted by molar-refractivity contribution is -0.142. The number of nitrogens with zero attached hydrogens (tertiary/aromatic N) is 2. The van der Waals surface area contributed by atoms with Crippen LogP contribution in [0.25, 0.3) is 0 Å². The fourth-order valence-corrected chi connectivity index (χ4v) is 4.37. The van der Waals surface area contributed by atoms with Gasteiger partial charge in [0.05, 0.1) is 17.9 Å². The van der Waals surface area contributed by atoms with E-state index in [1.807, 2.05) is 19.1 Å². The van der Waals surface area contributed by atoms with Gasteiger partial charge in [0.2, 0.25) is 11.8 Å². The van der Waals surface area contributed by atoms with Gasteiger partial charge in [0.1, 0.15) is 11.8 Å². The van der Waals surface area contributed by atoms with E-state index in [4.69, 9.17) is 4.74 Å². The van der Waals surface area contributed by atoms with Crippen LogP contribution in [0.4, 0.5) is 0 Å². The Bertz CT molecular complexity index is 889. The molecule has 9 nitrogen and oxygen atoms in total. The molecule has 1 aromatic heterocycles. The number of hydrogen-bond acceptors (Lipinski definition) is 8. The zero-order valence-electron chi connectivity index (χ0n) is 18.8. The van der Waals surface area contributed by atoms with Crippen molar-refractivity contribution in [2.75, 3.05) is 19.4 Å². The lowest BCUT2D eigenvalue weighted by Gasteiger charge is -2.18. The van der Waals surface area contributed by atoms with E-state index in [0.29, 0.717) is 19.3 Å². The molecule has 2 rings (SSSR count). The number of Topliss-reactive ketones (excluding diaryl/α,β-unsaturated/α-hetero) is 1. The van der Waals surface area contributed by atoms with Gasteiger partial charge in [0, 0.05) is 44.0 Å². The van der Waals surface area contributed by atoms with E-state index in [-0.39, 0.29) is 41.9 Å². The number of pyridine rings is 1. The lowest BCUT2D eigenvalue weighted by atomic mass is 10.1. The van der Waals surface area contributed by atoms with Gasteiger partial charge >= 0.3 is 5.97 Å². The molecule has 1 aliphatic rings. The highest BCUT2D eigenvalue weighted by Crippen LogP contribution is 2.26. The van der Waals surface area contributed by atoms with Crippen LogP contribution in [0.3, 0.4) is 0 Å². The molecular formula is C23H29N3O6S. The number of nitrogens with one attached hydrogen (secondary N) is 1. The number of ketones is 1. The standard InChI is InChI=1S/C23H29N3O6S/c1-3-4-5-9-17(27)10-7-12-26-20(28)13-19(22(26)30)33-15-18(23(31)32-2)25-21(29)16-8-6-11-24-14-16/h4-6,8,11,14,18-19H,3,7,9-10,12-13,15H2,1-2H3,(H,25,29)/b5-4-. The summed E-state index contributed by atoms with van der Waals surface area (Å²) in [5, 5.41) is 1.94. The third-order valence-electron chi connectivity index (χ3n) is 4.97. The van der Waals surface area contributed by atoms with Crippen LogP contribution in [-0.4, -0.2) is 70.1 Å². The number of ether oxygens (including phenoxy) is 1. The molecule has 0 spiro atoms. The second kappa shape index (κ2) is 13.5. The Morgan fingerprint density at radius 1 is 1.33 bits per heavy atom. The molecule has 0 aliphatic carbocycles. The number of hydrogen-bond donors (Lipinski definition) is 1. The Morgan fingerprint density at radius 2 is 2.12 bits per heavy atom. The number of carbonyl (C=O) groups is 5. The summed E-state index contributed by atoms with van der Waals surface area (Å²) in [6.07, 6.45) is 8.60. The number of rotatable bonds is 13. The minimum Gasteiger partial charge on any atom is -0.467 e. The van der Waals surface area contributed by atoms with E-state index < -0.39 is 23.2 Å². The molecule has 10 heteroatoms. The van der Waals surface area contributed by atoms with Crippen molar-refractivity contribution in [1.82, 2.24) is 15.2 Å². The van der Waals surface area contributed by atoms with Crippen molar-refractivity contribution in [3.05, 3.63) is 42.2 Å². The van der Waals surface area contributed by atoms with E-state index >= 15 is 0 Å². The molecule has 0 aromatic carbocycles. The quantitative estimate of drug-likeness (QED) is 0.261. The number of likely N-dealkylation sites (tertiary alicyclic amines) is 1. The van der Waals surface area contributed by atoms with Crippen LogP contribution in [0, 0.1) is 0 Å². The second-order valence-corrected chi connectivity index (χ2v) is 8.66. The average molecular weight is 476 g/mol. The van der Waals surface area contributed by atoms with E-state index in [0.717, 1.165) is 18.2 Å². The van der Waals surface area contributed by atoms with E-state index in [1.165, 1.54) is 24.4 Å². The summed E-state index contributed by atoms with van der Waals surface area (Å²) in [7, 11) is 1.21. The summed E-state index contributed by atoms with van der Waals surface area (Å²) in [5.74, 6) is -1.65. The van der Waals surface area contributed by atoms with Crippen LogP contribution in [0.15, 0.2) is 36.7 Å². The predicted molar refractivity (Wildman–Crippen MR) is 123 cm³/mol. The molecule has 1 saturated heterocycles. The van der Waals surface area contributed by atoms with Gasteiger partial charge in [-0.05, 0) is 25.0 Å². The molecule has 178 valence electrons. The maximum absolute atomic E-state index is 12.7. The van der Waals surface area contributed by atoms with Gasteiger partial charge in [-0.2, -0.15) is 0 Å². The van der Waals surface area contributed by atoms with Crippen molar-refractivity contribution >= 4 is 41.2 Å². The lowest BCUT2D eigenvalue weighted by Crippen LogP contribution is -2.44. The largest absolute Gasteiger partial charge is 0.467 e. The SMILES string of the molecule is CC/C=C\CC(=O)CCCN1C(=O)CC(SCC(NC(=O)c2cccnc2)C(=O)OC)C1=O. The Labute approximate surface area is 197 Å². The van der Waals surface area contributed by atoms with Crippen molar-refractivity contribution < 1.29 is 28.7 Å². The summed E-state index contributed by atoms with van der Waals surface area (Å²) in [5.41, 5.74) is 0.287. The molecule has 1 N–H and O–H groups in total. The number of imide groups is 1. The van der Waals surface area contributed by atoms with Crippen molar-refractivity contribution in [1.29, 1.82) is 0 Å². The monoisotopic (exact) mass is 475 g/mol. The molecule has 3 amide bonds. The summed E-state index contributed by atoms with van der Waals surface area (Å²) in [6.45, 7) is 2.18. The zero-order chi connectivity index (χ0) is 24.2. The molecule has 2 heterocycles. The number of amides is 3. The van der Waals surface area contributed by atoms with Crippen molar-refractivity contribution in [3.8, 4) is 0 Å². The van der Waals surface area contributed by atoms with Crippen molar-refractivity contribution in [2.45, 2.75) is 50.3 Å². The smallest absolute Gasteiger partial charge is 0.329 e. The summed E-state index contributed by atoms with van der Waals surface area (Å²) in [4.78, 5) is 66.4. The van der Waals surface area contributed by atoms with Gasteiger partial charge in [-0.1, -0.05) is 19.1 Å². The first-order valence-electron chi connectivity index (χ1n) is 10.8. The van der Waals surface area contributed by atoms with Gasteiger partial charge in [0.25, 0.3) is 5.91 Å². The third-order valence-corrected chi connectivity index (χ3v) is 6.26. The molecule has 2 unspecified atom stereocenters. The van der Waals surface area contributed by atoms with Crippen LogP contribution in [-0.2, 0) is 23.9 Å². The van der Waals surface area contributed by atoms with E-state index in [2.05, 4.69) is 10.3 Å². The number of carbonyl (C=O) groups excluding carboxylic acids is 5. The highest BCUT2D eigenvalue weighted by Gasteiger charge is 2.39. The van der Waals surface area contributed by atoms with Crippen LogP contribution < -0.4 is 5.32 Å². The number of aromatic nitrogens is 1. The first-order chi connectivity index (χ1) is 15.9. The summed E-state index contributed by atoms with van der Waals surface area (Å²) in [6, 6.07) is 2.17. The minimum absolute atomic E-state index is 0.0150. The Morgan fingerprint density at radius 3 is 2.79 bits per heavy atom. The van der Waals surface area contributed by atoms with Crippen molar-refractivity contribution in [3.63, 3.8) is 0 Å². The van der Waals surface area contributed by atoms with Crippen LogP contribution in [0.1, 0.15) is 49.4 Å². The average Bonchev–Trinajstić information content (AvgIpc) is 3.09. The Balaban J connectivity index is 1.86. The van der Waals surface area contributed by atoms with E-state index in [9.17, 15) is 24.0 Å². The third kappa shape index (κ3) is 8.12. The number of methoxy groups -OCH3 is 1. The Hall–Kier alpha value is -3.01. The predicted octanol–water partition coefficient (Wildman–Crippen LogP) is 1.92. The van der Waals surface area contributed by atoms with Crippen LogP contribution in [0.5, 0.6) is 0 Å². The summed E-state index contributed by atoms with van der Waals surface area (Å²) >= 11 is 1.12. The fraction of sp³-hybridized carbons (Fsp3) is 0.478. The molecular weight excluding hydrogens is 446 g/mol. The highest BCUT2D eigenvalue weighted by molar-refractivity contribution is 8.00. The number of allylic oxidation sites excluding steroid dienone is 2. The molecule has 1 aromatic rings. The second-order valence-electron chi connectivity index (χ2n) is 7.43. The van der Waals surface area contributed by atoms with Gasteiger partial charge in [-0.15, -0.1) is 11.8 Å². The highest BCUT2D eigenvalue weighted by atomic mass is 32.2. The molecule has 1 fully saturated rings. The molecule has 0 bridgehead atoms. The van der Waals surface area contributed by atoms with Crippen molar-refractivity contribution in [2.24, 2.45) is 0 Å². The number of esters is 1. The van der Waals surface area contributed by atoms with Gasteiger partial charge < -0.3 is 10.1 Å². The van der Waals surface area contributed by atoms with Gasteiger partial charge in [0.15, 0.2) is 0 Å². The molecule has 0 radical (unpaired) electrons. The van der Waals surface area contributed by atoms with Gasteiger partial charge in [-0.25, -0.2) is 4.79 Å². The summed E-state index contributed by atoms with van der Waals surface area (Å²) < 4.78 is 4.76. The molecule has 0 saturated carbocycles. The van der Waals surface area contributed by atoms with E-state index in [1.54, 1.807) is 12.1 Å². The first kappa shape index (κ1) is 26.2. The minimum atomic E-state index is -0.988. The molecule has 1 aliphatic heterocycles. The van der Waals surface area contributed by atoms with Crippen LogP contribution in [0.2, 0.25) is 0 Å². The molecule has 33 heavy (non-hydrogen) atoms. The first-order valence-corrected chi connectivity index (χ1v) is 11.8. The topological polar surface area (TPSA) is 123 Å². The van der Waals surface area contributed by atoms with Gasteiger partial charge in [-0.3, -0.25) is 29.1 Å². The van der Waals surface area contributed by atoms with Crippen LogP contribution >= 0.6 is 11.8 Å². The number of thioether (sulfide) groups is 1. The normalized spacial score (nSPS) is 16.8. The zero-order valence-corrected chi connectivity index (χ0v) is 19.6. The fourth-order valence-electron chi connectivity index (χ4n) is 3.20. The maximum atomic E-state index is 12.7.